The van der Waals surface area contributed by atoms with Crippen LogP contribution in [0.5, 0.6) is 5.75 Å². The second-order valence-corrected chi connectivity index (χ2v) is 8.09. The summed E-state index contributed by atoms with van der Waals surface area (Å²) in [6.45, 7) is 5.16. The van der Waals surface area contributed by atoms with Gasteiger partial charge in [0.1, 0.15) is 17.4 Å². The van der Waals surface area contributed by atoms with Crippen LogP contribution in [0, 0.1) is 5.82 Å². The first-order chi connectivity index (χ1) is 14.8. The van der Waals surface area contributed by atoms with Crippen molar-refractivity contribution in [3.63, 3.8) is 0 Å². The van der Waals surface area contributed by atoms with Crippen molar-refractivity contribution in [2.75, 3.05) is 6.54 Å². The number of rotatable bonds is 6. The number of aryl methyl sites for hydroxylation is 1. The lowest BCUT2D eigenvalue weighted by atomic mass is 9.97. The SMILES string of the molecule is CC1(C)c2nc(C(=O)CCc3ccc(F)cc3)c(O)c(=O)n2CCN1Cc1cnco1. The minimum Gasteiger partial charge on any atom is -0.501 e. The maximum atomic E-state index is 13.1. The summed E-state index contributed by atoms with van der Waals surface area (Å²) >= 11 is 0. The number of fused-ring (bicyclic) bond motifs is 1. The first-order valence-corrected chi connectivity index (χ1v) is 10.0. The average molecular weight is 426 g/mol. The molecule has 0 radical (unpaired) electrons. The molecule has 4 rings (SSSR count). The number of nitrogens with zero attached hydrogens (tertiary/aromatic N) is 4. The van der Waals surface area contributed by atoms with Crippen LogP contribution < -0.4 is 5.56 Å². The van der Waals surface area contributed by atoms with E-state index >= 15 is 0 Å². The zero-order chi connectivity index (χ0) is 22.2. The topological polar surface area (TPSA) is 101 Å². The van der Waals surface area contributed by atoms with Gasteiger partial charge in [-0.3, -0.25) is 19.1 Å². The molecule has 0 fully saturated rings. The summed E-state index contributed by atoms with van der Waals surface area (Å²) < 4.78 is 19.8. The zero-order valence-electron chi connectivity index (χ0n) is 17.3. The lowest BCUT2D eigenvalue weighted by Crippen LogP contribution is -2.52. The van der Waals surface area contributed by atoms with E-state index in [1.165, 1.54) is 23.1 Å². The highest BCUT2D eigenvalue weighted by Crippen LogP contribution is 2.32. The number of carbonyl (C=O) groups excluding carboxylic acids is 1. The third-order valence-corrected chi connectivity index (χ3v) is 5.72. The molecule has 1 aliphatic rings. The van der Waals surface area contributed by atoms with Gasteiger partial charge in [0.25, 0.3) is 5.56 Å². The van der Waals surface area contributed by atoms with Crippen LogP contribution in [-0.4, -0.2) is 36.9 Å². The first-order valence-electron chi connectivity index (χ1n) is 10.0. The van der Waals surface area contributed by atoms with Gasteiger partial charge in [0.15, 0.2) is 17.9 Å². The van der Waals surface area contributed by atoms with Gasteiger partial charge >= 0.3 is 0 Å². The Kier molecular flexibility index (Phi) is 5.45. The fraction of sp³-hybridized carbons (Fsp3) is 0.364. The Hall–Kier alpha value is -3.33. The highest BCUT2D eigenvalue weighted by Gasteiger charge is 2.39. The third-order valence-electron chi connectivity index (χ3n) is 5.72. The number of hydrogen-bond acceptors (Lipinski definition) is 7. The van der Waals surface area contributed by atoms with Gasteiger partial charge in [-0.25, -0.2) is 14.4 Å². The number of carbonyl (C=O) groups is 1. The predicted octanol–water partition coefficient (Wildman–Crippen LogP) is 2.64. The Morgan fingerprint density at radius 2 is 2.00 bits per heavy atom. The molecule has 1 N–H and O–H groups in total. The maximum absolute atomic E-state index is 13.1. The van der Waals surface area contributed by atoms with E-state index in [1.54, 1.807) is 18.3 Å². The molecule has 3 heterocycles. The van der Waals surface area contributed by atoms with Gasteiger partial charge in [-0.05, 0) is 38.0 Å². The van der Waals surface area contributed by atoms with E-state index in [-0.39, 0.29) is 17.9 Å². The van der Waals surface area contributed by atoms with E-state index in [0.717, 1.165) is 5.56 Å². The summed E-state index contributed by atoms with van der Waals surface area (Å²) in [5, 5.41) is 10.4. The Morgan fingerprint density at radius 1 is 1.26 bits per heavy atom. The van der Waals surface area contributed by atoms with Crippen molar-refractivity contribution in [3.05, 3.63) is 75.9 Å². The largest absolute Gasteiger partial charge is 0.501 e. The molecule has 1 aliphatic heterocycles. The molecule has 31 heavy (non-hydrogen) atoms. The lowest BCUT2D eigenvalue weighted by Gasteiger charge is -2.42. The summed E-state index contributed by atoms with van der Waals surface area (Å²) in [6, 6.07) is 5.85. The number of ketones is 1. The minimum absolute atomic E-state index is 0.0390. The van der Waals surface area contributed by atoms with Crippen LogP contribution in [0.15, 0.2) is 46.1 Å². The van der Waals surface area contributed by atoms with Crippen molar-refractivity contribution in [1.82, 2.24) is 19.4 Å². The molecule has 9 heteroatoms. The monoisotopic (exact) mass is 426 g/mol. The summed E-state index contributed by atoms with van der Waals surface area (Å²) in [7, 11) is 0. The van der Waals surface area contributed by atoms with E-state index in [1.807, 2.05) is 13.8 Å². The molecule has 2 aromatic heterocycles. The van der Waals surface area contributed by atoms with E-state index in [0.29, 0.717) is 37.6 Å². The van der Waals surface area contributed by atoms with Crippen LogP contribution in [0.25, 0.3) is 0 Å². The Morgan fingerprint density at radius 3 is 2.68 bits per heavy atom. The van der Waals surface area contributed by atoms with Crippen LogP contribution >= 0.6 is 0 Å². The molecule has 8 nitrogen and oxygen atoms in total. The van der Waals surface area contributed by atoms with Crippen molar-refractivity contribution in [2.24, 2.45) is 0 Å². The van der Waals surface area contributed by atoms with Crippen molar-refractivity contribution >= 4 is 5.78 Å². The highest BCUT2D eigenvalue weighted by atomic mass is 19.1. The molecule has 0 saturated carbocycles. The van der Waals surface area contributed by atoms with Crippen LogP contribution in [0.2, 0.25) is 0 Å². The number of halogens is 1. The molecule has 162 valence electrons. The van der Waals surface area contributed by atoms with Gasteiger partial charge in [0, 0.05) is 19.5 Å². The van der Waals surface area contributed by atoms with Crippen LogP contribution in [0.4, 0.5) is 4.39 Å². The molecule has 0 atom stereocenters. The highest BCUT2D eigenvalue weighted by molar-refractivity contribution is 5.96. The molecule has 0 bridgehead atoms. The Bertz CT molecular complexity index is 1150. The molecule has 0 saturated heterocycles. The molecule has 0 amide bonds. The van der Waals surface area contributed by atoms with E-state index in [9.17, 15) is 19.1 Å². The molecule has 0 aliphatic carbocycles. The maximum Gasteiger partial charge on any atom is 0.296 e. The number of aromatic hydroxyl groups is 1. The molecule has 1 aromatic carbocycles. The number of oxazole rings is 1. The zero-order valence-corrected chi connectivity index (χ0v) is 17.3. The van der Waals surface area contributed by atoms with Gasteiger partial charge in [-0.2, -0.15) is 0 Å². The van der Waals surface area contributed by atoms with Gasteiger partial charge in [-0.15, -0.1) is 0 Å². The average Bonchev–Trinajstić information content (AvgIpc) is 3.25. The standard InChI is InChI=1S/C22H23FN4O4/c1-22(2)21-25-18(17(28)8-5-14-3-6-15(23)7-4-14)19(29)20(30)27(21)10-9-26(22)12-16-11-24-13-31-16/h3-4,6-7,11,13,29H,5,8-10,12H2,1-2H3. The van der Waals surface area contributed by atoms with E-state index in [2.05, 4.69) is 14.9 Å². The van der Waals surface area contributed by atoms with Crippen molar-refractivity contribution in [1.29, 1.82) is 0 Å². The van der Waals surface area contributed by atoms with Crippen LogP contribution in [0.3, 0.4) is 0 Å². The van der Waals surface area contributed by atoms with E-state index in [4.69, 9.17) is 4.42 Å². The molecule has 0 spiro atoms. The van der Waals surface area contributed by atoms with Gasteiger partial charge < -0.3 is 9.52 Å². The summed E-state index contributed by atoms with van der Waals surface area (Å²) in [5.41, 5.74) is -0.762. The summed E-state index contributed by atoms with van der Waals surface area (Å²) in [6.07, 6.45) is 3.38. The quantitative estimate of drug-likeness (QED) is 0.605. The second-order valence-electron chi connectivity index (χ2n) is 8.09. The first kappa shape index (κ1) is 20.9. The van der Waals surface area contributed by atoms with Gasteiger partial charge in [0.05, 0.1) is 18.3 Å². The fourth-order valence-electron chi connectivity index (χ4n) is 3.87. The van der Waals surface area contributed by atoms with E-state index < -0.39 is 22.6 Å². The van der Waals surface area contributed by atoms with Crippen molar-refractivity contribution in [2.45, 2.75) is 45.3 Å². The smallest absolute Gasteiger partial charge is 0.296 e. The Balaban J connectivity index is 1.62. The van der Waals surface area contributed by atoms with Crippen molar-refractivity contribution < 1.29 is 18.7 Å². The number of aromatic nitrogens is 3. The van der Waals surface area contributed by atoms with Gasteiger partial charge in [0.2, 0.25) is 5.75 Å². The molecular weight excluding hydrogens is 403 g/mol. The van der Waals surface area contributed by atoms with Crippen molar-refractivity contribution in [3.8, 4) is 5.75 Å². The lowest BCUT2D eigenvalue weighted by molar-refractivity contribution is 0.0584. The summed E-state index contributed by atoms with van der Waals surface area (Å²) in [4.78, 5) is 36.1. The van der Waals surface area contributed by atoms with Gasteiger partial charge in [-0.1, -0.05) is 12.1 Å². The number of hydrogen-bond donors (Lipinski definition) is 1. The van der Waals surface area contributed by atoms with Crippen LogP contribution in [-0.2, 0) is 25.0 Å². The minimum atomic E-state index is -0.691. The normalized spacial score (nSPS) is 15.6. The number of benzene rings is 1. The fourth-order valence-corrected chi connectivity index (χ4v) is 3.87. The van der Waals surface area contributed by atoms with Crippen LogP contribution in [0.1, 0.15) is 47.9 Å². The Labute approximate surface area is 178 Å². The molecule has 3 aromatic rings. The molecule has 0 unspecified atom stereocenters. The predicted molar refractivity (Wildman–Crippen MR) is 109 cm³/mol. The second kappa shape index (κ2) is 8.07. The number of Topliss-reactive ketones (excluding diaryl/α,β-unsaturated/α-hetero) is 1. The summed E-state index contributed by atoms with van der Waals surface area (Å²) in [5.74, 6) is -0.337. The molecular formula is C22H23FN4O4. The third kappa shape index (κ3) is 4.00.